The van der Waals surface area contributed by atoms with Crippen molar-refractivity contribution in [1.29, 1.82) is 0 Å². The molecule has 2 aromatic carbocycles. The van der Waals surface area contributed by atoms with E-state index in [1.807, 2.05) is 0 Å². The van der Waals surface area contributed by atoms with Gasteiger partial charge in [0.1, 0.15) is 17.2 Å². The molecule has 0 radical (unpaired) electrons. The standard InChI is InChI=1S/C17H12ClF3N2O/c1-10-8-16(17(19,20)21)22-15-7-6-13(9-14(10)15)24-12-4-2-11(23-18)3-5-12/h2-9,23H,1H3. The second-order valence-corrected chi connectivity index (χ2v) is 5.41. The molecule has 0 saturated heterocycles. The fraction of sp³-hybridized carbons (Fsp3) is 0.118. The number of aromatic nitrogens is 1. The van der Waals surface area contributed by atoms with E-state index in [4.69, 9.17) is 16.5 Å². The van der Waals surface area contributed by atoms with E-state index >= 15 is 0 Å². The number of hydrogen-bond acceptors (Lipinski definition) is 3. The summed E-state index contributed by atoms with van der Waals surface area (Å²) < 4.78 is 44.2. The van der Waals surface area contributed by atoms with E-state index in [9.17, 15) is 13.2 Å². The SMILES string of the molecule is Cc1cc(C(F)(F)F)nc2ccc(Oc3ccc(NCl)cc3)cc12. The zero-order chi connectivity index (χ0) is 17.3. The second kappa shape index (κ2) is 6.20. The number of nitrogens with one attached hydrogen (secondary N) is 1. The molecule has 0 atom stereocenters. The van der Waals surface area contributed by atoms with Crippen LogP contribution in [0, 0.1) is 6.92 Å². The number of rotatable bonds is 3. The predicted octanol–water partition coefficient (Wildman–Crippen LogP) is 5.92. The van der Waals surface area contributed by atoms with Crippen molar-refractivity contribution in [3.63, 3.8) is 0 Å². The summed E-state index contributed by atoms with van der Waals surface area (Å²) in [5, 5.41) is 0.611. The van der Waals surface area contributed by atoms with Crippen molar-refractivity contribution < 1.29 is 17.9 Å². The van der Waals surface area contributed by atoms with Crippen LogP contribution < -0.4 is 9.57 Å². The first-order chi connectivity index (χ1) is 11.4. The number of alkyl halides is 3. The van der Waals surface area contributed by atoms with E-state index < -0.39 is 11.9 Å². The van der Waals surface area contributed by atoms with Gasteiger partial charge in [-0.1, -0.05) is 0 Å². The minimum Gasteiger partial charge on any atom is -0.457 e. The van der Waals surface area contributed by atoms with Gasteiger partial charge < -0.3 is 4.74 Å². The van der Waals surface area contributed by atoms with Crippen molar-refractivity contribution in [3.8, 4) is 11.5 Å². The summed E-state index contributed by atoms with van der Waals surface area (Å²) in [5.41, 5.74) is 0.586. The molecule has 124 valence electrons. The monoisotopic (exact) mass is 352 g/mol. The lowest BCUT2D eigenvalue weighted by atomic mass is 10.1. The molecule has 0 aliphatic heterocycles. The number of benzene rings is 2. The molecule has 1 N–H and O–H groups in total. The van der Waals surface area contributed by atoms with Crippen molar-refractivity contribution in [2.75, 3.05) is 4.84 Å². The molecular weight excluding hydrogens is 341 g/mol. The Morgan fingerprint density at radius 1 is 1.00 bits per heavy atom. The Hall–Kier alpha value is -2.47. The summed E-state index contributed by atoms with van der Waals surface area (Å²) in [5.74, 6) is 1.10. The van der Waals surface area contributed by atoms with Gasteiger partial charge in [-0.3, -0.25) is 4.84 Å². The highest BCUT2D eigenvalue weighted by Crippen LogP contribution is 2.33. The maximum absolute atomic E-state index is 12.8. The zero-order valence-electron chi connectivity index (χ0n) is 12.5. The van der Waals surface area contributed by atoms with Gasteiger partial charge in [-0.2, -0.15) is 13.2 Å². The molecule has 3 rings (SSSR count). The molecule has 0 amide bonds. The Morgan fingerprint density at radius 2 is 1.67 bits per heavy atom. The Morgan fingerprint density at radius 3 is 2.29 bits per heavy atom. The highest BCUT2D eigenvalue weighted by Gasteiger charge is 2.33. The molecule has 3 aromatic rings. The first kappa shape index (κ1) is 16.4. The van der Waals surface area contributed by atoms with Crippen LogP contribution in [-0.2, 0) is 6.18 Å². The van der Waals surface area contributed by atoms with Crippen LogP contribution in [0.3, 0.4) is 0 Å². The van der Waals surface area contributed by atoms with Crippen LogP contribution in [0.1, 0.15) is 11.3 Å². The summed E-state index contributed by atoms with van der Waals surface area (Å²) in [4.78, 5) is 6.16. The van der Waals surface area contributed by atoms with Gasteiger partial charge in [0.15, 0.2) is 0 Å². The summed E-state index contributed by atoms with van der Waals surface area (Å²) in [6.07, 6.45) is -4.47. The van der Waals surface area contributed by atoms with Gasteiger partial charge in [0, 0.05) is 22.9 Å². The largest absolute Gasteiger partial charge is 0.457 e. The molecular formula is C17H12ClF3N2O. The van der Waals surface area contributed by atoms with Crippen LogP contribution >= 0.6 is 11.8 Å². The number of pyridine rings is 1. The van der Waals surface area contributed by atoms with Gasteiger partial charge in [-0.15, -0.1) is 0 Å². The molecule has 0 fully saturated rings. The fourth-order valence-electron chi connectivity index (χ4n) is 2.30. The zero-order valence-corrected chi connectivity index (χ0v) is 13.2. The Balaban J connectivity index is 1.94. The van der Waals surface area contributed by atoms with Crippen LogP contribution in [0.5, 0.6) is 11.5 Å². The highest BCUT2D eigenvalue weighted by atomic mass is 35.5. The third-order valence-corrected chi connectivity index (χ3v) is 3.69. The van der Waals surface area contributed by atoms with E-state index in [0.29, 0.717) is 22.4 Å². The average molecular weight is 353 g/mol. The smallest absolute Gasteiger partial charge is 0.433 e. The van der Waals surface area contributed by atoms with Gasteiger partial charge in [-0.25, -0.2) is 4.98 Å². The third-order valence-electron chi connectivity index (χ3n) is 3.48. The van der Waals surface area contributed by atoms with Crippen molar-refractivity contribution in [2.24, 2.45) is 0 Å². The van der Waals surface area contributed by atoms with Crippen molar-refractivity contribution in [2.45, 2.75) is 13.1 Å². The molecule has 24 heavy (non-hydrogen) atoms. The summed E-state index contributed by atoms with van der Waals surface area (Å²) >= 11 is 5.49. The number of halogens is 4. The Labute approximate surface area is 141 Å². The van der Waals surface area contributed by atoms with Gasteiger partial charge in [-0.05, 0) is 61.0 Å². The molecule has 0 spiro atoms. The van der Waals surface area contributed by atoms with E-state index in [0.717, 1.165) is 11.8 Å². The first-order valence-corrected chi connectivity index (χ1v) is 7.38. The fourth-order valence-corrected chi connectivity index (χ4v) is 2.43. The van der Waals surface area contributed by atoms with Crippen LogP contribution in [0.4, 0.5) is 18.9 Å². The maximum Gasteiger partial charge on any atom is 0.433 e. The van der Waals surface area contributed by atoms with Crippen molar-refractivity contribution >= 4 is 28.4 Å². The number of nitrogens with zero attached hydrogens (tertiary/aromatic N) is 1. The lowest BCUT2D eigenvalue weighted by Crippen LogP contribution is -2.08. The molecule has 0 unspecified atom stereocenters. The van der Waals surface area contributed by atoms with Crippen molar-refractivity contribution in [3.05, 3.63) is 59.8 Å². The summed E-state index contributed by atoms with van der Waals surface area (Å²) in [6, 6.07) is 12.7. The highest BCUT2D eigenvalue weighted by molar-refractivity contribution is 6.23. The minimum absolute atomic E-state index is 0.274. The normalized spacial score (nSPS) is 11.5. The lowest BCUT2D eigenvalue weighted by molar-refractivity contribution is -0.141. The lowest BCUT2D eigenvalue weighted by Gasteiger charge is -2.11. The van der Waals surface area contributed by atoms with Crippen LogP contribution in [0.2, 0.25) is 0 Å². The molecule has 0 aliphatic carbocycles. The summed E-state index contributed by atoms with van der Waals surface area (Å²) in [6.45, 7) is 1.62. The molecule has 7 heteroatoms. The third kappa shape index (κ3) is 3.38. The van der Waals surface area contributed by atoms with E-state index in [1.54, 1.807) is 43.3 Å². The molecule has 3 nitrogen and oxygen atoms in total. The molecule has 1 aromatic heterocycles. The number of ether oxygens (including phenoxy) is 1. The number of aryl methyl sites for hydroxylation is 1. The van der Waals surface area contributed by atoms with Crippen molar-refractivity contribution in [1.82, 2.24) is 4.98 Å². The molecule has 0 aliphatic rings. The van der Waals surface area contributed by atoms with Crippen LogP contribution in [0.15, 0.2) is 48.5 Å². The van der Waals surface area contributed by atoms with Gasteiger partial charge >= 0.3 is 6.18 Å². The summed E-state index contributed by atoms with van der Waals surface area (Å²) in [7, 11) is 0. The second-order valence-electron chi connectivity index (χ2n) is 5.22. The number of anilines is 1. The molecule has 0 bridgehead atoms. The Bertz CT molecular complexity index is 879. The van der Waals surface area contributed by atoms with Crippen LogP contribution in [-0.4, -0.2) is 4.98 Å². The average Bonchev–Trinajstić information content (AvgIpc) is 2.55. The van der Waals surface area contributed by atoms with E-state index in [1.165, 1.54) is 6.07 Å². The van der Waals surface area contributed by atoms with Gasteiger partial charge in [0.25, 0.3) is 0 Å². The first-order valence-electron chi connectivity index (χ1n) is 7.00. The molecule has 0 saturated carbocycles. The van der Waals surface area contributed by atoms with Gasteiger partial charge in [0.2, 0.25) is 0 Å². The minimum atomic E-state index is -4.47. The van der Waals surface area contributed by atoms with E-state index in [-0.39, 0.29) is 5.52 Å². The topological polar surface area (TPSA) is 34.1 Å². The molecule has 1 heterocycles. The van der Waals surface area contributed by atoms with Gasteiger partial charge in [0.05, 0.1) is 5.52 Å². The maximum atomic E-state index is 12.8. The number of hydrogen-bond donors (Lipinski definition) is 1. The quantitative estimate of drug-likeness (QED) is 0.594. The van der Waals surface area contributed by atoms with Crippen LogP contribution in [0.25, 0.3) is 10.9 Å². The Kier molecular flexibility index (Phi) is 4.24. The van der Waals surface area contributed by atoms with E-state index in [2.05, 4.69) is 9.82 Å². The number of fused-ring (bicyclic) bond motifs is 1. The predicted molar refractivity (Wildman–Crippen MR) is 87.5 cm³/mol.